The van der Waals surface area contributed by atoms with Gasteiger partial charge in [-0.2, -0.15) is 0 Å². The smallest absolute Gasteiger partial charge is 0.407 e. The molecule has 4 N–H and O–H groups in total. The number of carboxylic acids is 1. The molecule has 1 aliphatic carbocycles. The monoisotopic (exact) mass is 454 g/mol. The second kappa shape index (κ2) is 11.0. The van der Waals surface area contributed by atoms with Gasteiger partial charge in [-0.3, -0.25) is 4.79 Å². The third kappa shape index (κ3) is 5.90. The quantitative estimate of drug-likeness (QED) is 0.438. The van der Waals surface area contributed by atoms with Crippen LogP contribution in [0.4, 0.5) is 4.79 Å². The number of rotatable bonds is 10. The molecule has 8 nitrogen and oxygen atoms in total. The van der Waals surface area contributed by atoms with Crippen LogP contribution in [-0.4, -0.2) is 53.5 Å². The van der Waals surface area contributed by atoms with Gasteiger partial charge in [0.15, 0.2) is 0 Å². The van der Waals surface area contributed by atoms with Gasteiger partial charge < -0.3 is 25.6 Å². The Kier molecular flexibility index (Phi) is 8.06. The minimum atomic E-state index is -1.17. The SMILES string of the molecule is CC[C@H](C)[C@H](NC(=O)CC(O)CNC(=O)OCC1c2ccccc2-c2ccccc21)C(=O)O. The Bertz CT molecular complexity index is 962. The van der Waals surface area contributed by atoms with E-state index in [0.717, 1.165) is 22.3 Å². The summed E-state index contributed by atoms with van der Waals surface area (Å²) in [7, 11) is 0. The van der Waals surface area contributed by atoms with Crippen LogP contribution in [0.5, 0.6) is 0 Å². The van der Waals surface area contributed by atoms with E-state index in [2.05, 4.69) is 10.6 Å². The van der Waals surface area contributed by atoms with Crippen molar-refractivity contribution in [2.24, 2.45) is 5.92 Å². The molecule has 0 heterocycles. The number of hydrogen-bond donors (Lipinski definition) is 4. The zero-order valence-electron chi connectivity index (χ0n) is 18.8. The van der Waals surface area contributed by atoms with E-state index in [9.17, 15) is 24.6 Å². The van der Waals surface area contributed by atoms with Gasteiger partial charge in [-0.05, 0) is 28.2 Å². The minimum absolute atomic E-state index is 0.0765. The lowest BCUT2D eigenvalue weighted by molar-refractivity contribution is -0.143. The molecular formula is C25H30N2O6. The number of nitrogens with one attached hydrogen (secondary N) is 2. The standard InChI is InChI=1S/C25H30N2O6/c1-3-15(2)23(24(30)31)27-22(29)12-16(28)13-26-25(32)33-14-21-19-10-6-4-8-17(19)18-9-5-7-11-20(18)21/h4-11,15-16,21,23,28H,3,12-14H2,1-2H3,(H,26,32)(H,27,29)(H,30,31)/t15-,16?,23-/m0/s1. The summed E-state index contributed by atoms with van der Waals surface area (Å²) in [6.45, 7) is 3.52. The summed E-state index contributed by atoms with van der Waals surface area (Å²) < 4.78 is 5.40. The van der Waals surface area contributed by atoms with E-state index in [-0.39, 0.29) is 31.4 Å². The number of aliphatic hydroxyl groups excluding tert-OH is 1. The van der Waals surface area contributed by atoms with Crippen LogP contribution in [0.25, 0.3) is 11.1 Å². The molecule has 0 spiro atoms. The molecule has 33 heavy (non-hydrogen) atoms. The molecule has 2 aromatic carbocycles. The lowest BCUT2D eigenvalue weighted by Gasteiger charge is -2.21. The summed E-state index contributed by atoms with van der Waals surface area (Å²) in [5, 5.41) is 24.2. The largest absolute Gasteiger partial charge is 0.480 e. The van der Waals surface area contributed by atoms with Gasteiger partial charge >= 0.3 is 12.1 Å². The lowest BCUT2D eigenvalue weighted by atomic mass is 9.98. The Hall–Kier alpha value is -3.39. The molecule has 0 aliphatic heterocycles. The number of alkyl carbamates (subject to hydrolysis) is 1. The molecule has 176 valence electrons. The van der Waals surface area contributed by atoms with Crippen molar-refractivity contribution in [2.75, 3.05) is 13.2 Å². The zero-order chi connectivity index (χ0) is 24.0. The van der Waals surface area contributed by atoms with Crippen molar-refractivity contribution in [3.63, 3.8) is 0 Å². The van der Waals surface area contributed by atoms with Crippen LogP contribution >= 0.6 is 0 Å². The molecular weight excluding hydrogens is 424 g/mol. The molecule has 1 aliphatic rings. The topological polar surface area (TPSA) is 125 Å². The Morgan fingerprint density at radius 2 is 1.61 bits per heavy atom. The molecule has 0 bridgehead atoms. The first-order valence-electron chi connectivity index (χ1n) is 11.1. The molecule has 8 heteroatoms. The van der Waals surface area contributed by atoms with E-state index < -0.39 is 30.1 Å². The normalized spacial score (nSPS) is 15.0. The molecule has 0 radical (unpaired) electrons. The molecule has 2 amide bonds. The number of benzene rings is 2. The predicted octanol–water partition coefficient (Wildman–Crippen LogP) is 2.89. The highest BCUT2D eigenvalue weighted by Gasteiger charge is 2.29. The Balaban J connectivity index is 1.47. The molecule has 0 aromatic heterocycles. The van der Waals surface area contributed by atoms with Gasteiger partial charge in [0.2, 0.25) is 5.91 Å². The fraction of sp³-hybridized carbons (Fsp3) is 0.400. The first-order valence-corrected chi connectivity index (χ1v) is 11.1. The van der Waals surface area contributed by atoms with Gasteiger partial charge in [0, 0.05) is 12.5 Å². The van der Waals surface area contributed by atoms with Crippen LogP contribution in [0.2, 0.25) is 0 Å². The van der Waals surface area contributed by atoms with E-state index in [0.29, 0.717) is 6.42 Å². The maximum absolute atomic E-state index is 12.2. The fourth-order valence-corrected chi connectivity index (χ4v) is 4.05. The maximum atomic E-state index is 12.2. The van der Waals surface area contributed by atoms with Crippen LogP contribution in [0.15, 0.2) is 48.5 Å². The maximum Gasteiger partial charge on any atom is 0.407 e. The zero-order valence-corrected chi connectivity index (χ0v) is 18.8. The summed E-state index contributed by atoms with van der Waals surface area (Å²) in [4.78, 5) is 35.6. The third-order valence-corrected chi connectivity index (χ3v) is 6.04. The van der Waals surface area contributed by atoms with Gasteiger partial charge in [-0.25, -0.2) is 9.59 Å². The number of aliphatic hydroxyl groups is 1. The number of amides is 2. The average molecular weight is 455 g/mol. The molecule has 0 saturated carbocycles. The van der Waals surface area contributed by atoms with Crippen molar-refractivity contribution in [3.05, 3.63) is 59.7 Å². The van der Waals surface area contributed by atoms with E-state index in [4.69, 9.17) is 4.74 Å². The average Bonchev–Trinajstić information content (AvgIpc) is 3.13. The van der Waals surface area contributed by atoms with E-state index in [1.165, 1.54) is 0 Å². The van der Waals surface area contributed by atoms with Crippen LogP contribution in [0.3, 0.4) is 0 Å². The predicted molar refractivity (Wildman–Crippen MR) is 123 cm³/mol. The number of ether oxygens (including phenoxy) is 1. The van der Waals surface area contributed by atoms with Crippen LogP contribution in [-0.2, 0) is 14.3 Å². The van der Waals surface area contributed by atoms with Crippen molar-refractivity contribution in [3.8, 4) is 11.1 Å². The van der Waals surface area contributed by atoms with E-state index in [1.807, 2.05) is 55.5 Å². The fourth-order valence-electron chi connectivity index (χ4n) is 4.05. The van der Waals surface area contributed by atoms with Crippen molar-refractivity contribution in [1.82, 2.24) is 10.6 Å². The molecule has 3 rings (SSSR count). The number of carbonyl (C=O) groups is 3. The Morgan fingerprint density at radius 3 is 2.15 bits per heavy atom. The van der Waals surface area contributed by atoms with Gasteiger partial charge in [0.25, 0.3) is 0 Å². The summed E-state index contributed by atoms with van der Waals surface area (Å²) >= 11 is 0. The highest BCUT2D eigenvalue weighted by atomic mass is 16.5. The van der Waals surface area contributed by atoms with Gasteiger partial charge in [-0.1, -0.05) is 68.8 Å². The summed E-state index contributed by atoms with van der Waals surface area (Å²) in [5.74, 6) is -2.04. The number of carbonyl (C=O) groups excluding carboxylic acids is 2. The van der Waals surface area contributed by atoms with Crippen molar-refractivity contribution < 1.29 is 29.3 Å². The number of fused-ring (bicyclic) bond motifs is 3. The number of carboxylic acid groups (broad SMARTS) is 1. The Labute approximate surface area is 193 Å². The van der Waals surface area contributed by atoms with Crippen molar-refractivity contribution >= 4 is 18.0 Å². The third-order valence-electron chi connectivity index (χ3n) is 6.04. The number of hydrogen-bond acceptors (Lipinski definition) is 5. The van der Waals surface area contributed by atoms with E-state index in [1.54, 1.807) is 6.92 Å². The molecule has 2 aromatic rings. The first-order chi connectivity index (χ1) is 15.8. The highest BCUT2D eigenvalue weighted by Crippen LogP contribution is 2.44. The Morgan fingerprint density at radius 1 is 1.03 bits per heavy atom. The highest BCUT2D eigenvalue weighted by molar-refractivity contribution is 5.84. The number of aliphatic carboxylic acids is 1. The van der Waals surface area contributed by atoms with Crippen LogP contribution < -0.4 is 10.6 Å². The van der Waals surface area contributed by atoms with Crippen molar-refractivity contribution in [2.45, 2.75) is 44.8 Å². The minimum Gasteiger partial charge on any atom is -0.480 e. The summed E-state index contributed by atoms with van der Waals surface area (Å²) in [6, 6.07) is 15.0. The second-order valence-electron chi connectivity index (χ2n) is 8.33. The second-order valence-corrected chi connectivity index (χ2v) is 8.33. The summed E-state index contributed by atoms with van der Waals surface area (Å²) in [6.07, 6.45) is -1.61. The summed E-state index contributed by atoms with van der Waals surface area (Å²) in [5.41, 5.74) is 4.44. The van der Waals surface area contributed by atoms with Gasteiger partial charge in [0.1, 0.15) is 12.6 Å². The molecule has 0 saturated heterocycles. The first kappa shape index (κ1) is 24.3. The lowest BCUT2D eigenvalue weighted by Crippen LogP contribution is -2.46. The van der Waals surface area contributed by atoms with E-state index >= 15 is 0 Å². The van der Waals surface area contributed by atoms with Gasteiger partial charge in [0.05, 0.1) is 12.5 Å². The molecule has 1 unspecified atom stereocenters. The molecule has 0 fully saturated rings. The van der Waals surface area contributed by atoms with Crippen LogP contribution in [0, 0.1) is 5.92 Å². The van der Waals surface area contributed by atoms with Gasteiger partial charge in [-0.15, -0.1) is 0 Å². The molecule has 3 atom stereocenters. The van der Waals surface area contributed by atoms with Crippen molar-refractivity contribution in [1.29, 1.82) is 0 Å². The van der Waals surface area contributed by atoms with Crippen LogP contribution in [0.1, 0.15) is 43.7 Å².